The lowest BCUT2D eigenvalue weighted by Gasteiger charge is -2.05. The Bertz CT molecular complexity index is 1280. The van der Waals surface area contributed by atoms with E-state index in [9.17, 15) is 9.90 Å². The zero-order chi connectivity index (χ0) is 22.0. The Kier molecular flexibility index (Phi) is 6.37. The molecule has 0 saturated carbocycles. The van der Waals surface area contributed by atoms with E-state index in [0.29, 0.717) is 25.7 Å². The molecule has 1 aliphatic heterocycles. The molecule has 3 aromatic rings. The van der Waals surface area contributed by atoms with Crippen molar-refractivity contribution >= 4 is 68.5 Å². The molecule has 0 spiro atoms. The average molecular weight is 470 g/mol. The van der Waals surface area contributed by atoms with Gasteiger partial charge in [-0.05, 0) is 42.1 Å². The van der Waals surface area contributed by atoms with Crippen molar-refractivity contribution in [2.45, 2.75) is 6.92 Å². The molecule has 1 N–H and O–H groups in total. The quantitative estimate of drug-likeness (QED) is 0.406. The highest BCUT2D eigenvalue weighted by molar-refractivity contribution is 8.18. The van der Waals surface area contributed by atoms with Gasteiger partial charge in [-0.15, -0.1) is 0 Å². The van der Waals surface area contributed by atoms with E-state index < -0.39 is 5.97 Å². The highest BCUT2D eigenvalue weighted by Crippen LogP contribution is 2.41. The van der Waals surface area contributed by atoms with Crippen LogP contribution in [0.4, 0.5) is 5.69 Å². The summed E-state index contributed by atoms with van der Waals surface area (Å²) in [4.78, 5) is 17.8. The fourth-order valence-corrected chi connectivity index (χ4v) is 4.50. The molecule has 31 heavy (non-hydrogen) atoms. The number of hydrogen-bond acceptors (Lipinski definition) is 5. The second-order valence-corrected chi connectivity index (χ2v) is 8.49. The van der Waals surface area contributed by atoms with E-state index in [0.717, 1.165) is 16.3 Å². The topological polar surface area (TPSA) is 58.9 Å². The van der Waals surface area contributed by atoms with Crippen LogP contribution in [0.5, 0.6) is 0 Å². The monoisotopic (exact) mass is 469 g/mol. The molecule has 0 fully saturated rings. The molecule has 0 radical (unpaired) electrons. The number of nitrogens with zero attached hydrogens (tertiary/aromatic N) is 1. The molecule has 1 aliphatic rings. The predicted molar refractivity (Wildman–Crippen MR) is 129 cm³/mol. The number of aliphatic hydroxyl groups is 1. The first-order chi connectivity index (χ1) is 15.0. The molecule has 4 rings (SSSR count). The molecule has 4 nitrogen and oxygen atoms in total. The molecule has 0 bridgehead atoms. The van der Waals surface area contributed by atoms with Crippen molar-refractivity contribution in [3.05, 3.63) is 92.5 Å². The molecule has 0 atom stereocenters. The molecule has 7 heteroatoms. The fraction of sp³-hybridized carbons (Fsp3) is 0.0833. The predicted octanol–water partition coefficient (Wildman–Crippen LogP) is 7.34. The molecule has 1 heterocycles. The van der Waals surface area contributed by atoms with E-state index in [-0.39, 0.29) is 17.9 Å². The van der Waals surface area contributed by atoms with Crippen LogP contribution in [0.25, 0.3) is 16.8 Å². The Morgan fingerprint density at radius 2 is 1.87 bits per heavy atom. The second kappa shape index (κ2) is 9.18. The van der Waals surface area contributed by atoms with Gasteiger partial charge in [0.05, 0.1) is 27.2 Å². The Hall–Kier alpha value is -2.73. The lowest BCUT2D eigenvalue weighted by molar-refractivity contribution is -0.138. The van der Waals surface area contributed by atoms with Gasteiger partial charge in [0.15, 0.2) is 0 Å². The summed E-state index contributed by atoms with van der Waals surface area (Å²) in [6.45, 7) is 1.90. The minimum absolute atomic E-state index is 0.0473. The van der Waals surface area contributed by atoms with Crippen molar-refractivity contribution in [3.8, 4) is 0 Å². The number of fused-ring (bicyclic) bond motifs is 1. The van der Waals surface area contributed by atoms with Gasteiger partial charge in [0, 0.05) is 5.39 Å². The van der Waals surface area contributed by atoms with Crippen molar-refractivity contribution in [2.24, 2.45) is 4.99 Å². The summed E-state index contributed by atoms with van der Waals surface area (Å²) in [5, 5.41) is 14.0. The molecule has 0 unspecified atom stereocenters. The molecule has 0 saturated heterocycles. The van der Waals surface area contributed by atoms with E-state index in [1.54, 1.807) is 31.2 Å². The third-order valence-corrected chi connectivity index (χ3v) is 6.36. The summed E-state index contributed by atoms with van der Waals surface area (Å²) < 4.78 is 5.17. The van der Waals surface area contributed by atoms with Gasteiger partial charge in [0.2, 0.25) is 0 Å². The van der Waals surface area contributed by atoms with E-state index in [2.05, 4.69) is 0 Å². The normalized spacial score (nSPS) is 16.5. The number of esters is 1. The number of ether oxygens (including phenoxy) is 1. The standard InChI is InChI=1S/C24H17Cl2NO3S/c1-2-30-24(29)21-22(28)20(13-14-10-11-17(25)18(26)12-14)31-23(21)27-19-9-5-7-15-6-3-4-8-16(15)19/h3-13,28H,2H2,1H3. The number of carbonyl (C=O) groups is 1. The third kappa shape index (κ3) is 4.49. The van der Waals surface area contributed by atoms with Crippen LogP contribution in [-0.2, 0) is 9.53 Å². The fourth-order valence-electron chi connectivity index (χ4n) is 3.16. The van der Waals surface area contributed by atoms with Gasteiger partial charge in [-0.3, -0.25) is 0 Å². The van der Waals surface area contributed by atoms with E-state index in [1.807, 2.05) is 42.5 Å². The summed E-state index contributed by atoms with van der Waals surface area (Å²) in [5.41, 5.74) is 1.48. The van der Waals surface area contributed by atoms with Gasteiger partial charge in [-0.25, -0.2) is 9.79 Å². The van der Waals surface area contributed by atoms with Crippen LogP contribution >= 0.6 is 35.0 Å². The number of benzene rings is 3. The summed E-state index contributed by atoms with van der Waals surface area (Å²) in [7, 11) is 0. The highest BCUT2D eigenvalue weighted by atomic mass is 35.5. The van der Waals surface area contributed by atoms with Crippen LogP contribution in [0.1, 0.15) is 12.5 Å². The van der Waals surface area contributed by atoms with E-state index in [1.165, 1.54) is 11.8 Å². The third-order valence-electron chi connectivity index (χ3n) is 4.60. The molecule has 156 valence electrons. The van der Waals surface area contributed by atoms with Gasteiger partial charge < -0.3 is 9.84 Å². The summed E-state index contributed by atoms with van der Waals surface area (Å²) >= 11 is 13.3. The average Bonchev–Trinajstić information content (AvgIpc) is 3.06. The summed E-state index contributed by atoms with van der Waals surface area (Å²) in [6, 6.07) is 18.8. The van der Waals surface area contributed by atoms with Crippen LogP contribution in [0.3, 0.4) is 0 Å². The number of aliphatic hydroxyl groups excluding tert-OH is 1. The molecule has 0 aromatic heterocycles. The summed E-state index contributed by atoms with van der Waals surface area (Å²) in [5.74, 6) is -0.794. The Morgan fingerprint density at radius 1 is 1.10 bits per heavy atom. The van der Waals surface area contributed by atoms with Crippen LogP contribution in [0.15, 0.2) is 81.9 Å². The van der Waals surface area contributed by atoms with Crippen molar-refractivity contribution < 1.29 is 14.6 Å². The number of hydrogen-bond donors (Lipinski definition) is 1. The first-order valence-corrected chi connectivity index (χ1v) is 11.1. The maximum absolute atomic E-state index is 12.6. The number of thioether (sulfide) groups is 1. The van der Waals surface area contributed by atoms with Crippen LogP contribution < -0.4 is 0 Å². The van der Waals surface area contributed by atoms with Crippen molar-refractivity contribution in [3.63, 3.8) is 0 Å². The maximum Gasteiger partial charge on any atom is 0.344 e. The summed E-state index contributed by atoms with van der Waals surface area (Å²) in [6.07, 6.45) is 1.73. The van der Waals surface area contributed by atoms with Gasteiger partial charge in [-0.1, -0.05) is 77.4 Å². The van der Waals surface area contributed by atoms with Crippen LogP contribution in [-0.4, -0.2) is 22.7 Å². The first kappa shape index (κ1) is 21.5. The SMILES string of the molecule is CCOC(=O)C1=C(O)C(=Cc2ccc(Cl)c(Cl)c2)SC1=Nc1cccc2ccccc12. The van der Waals surface area contributed by atoms with Gasteiger partial charge in [-0.2, -0.15) is 0 Å². The minimum atomic E-state index is -0.621. The number of rotatable bonds is 4. The zero-order valence-electron chi connectivity index (χ0n) is 16.4. The Morgan fingerprint density at radius 3 is 2.65 bits per heavy atom. The van der Waals surface area contributed by atoms with Gasteiger partial charge in [0.25, 0.3) is 0 Å². The molecule has 3 aromatic carbocycles. The smallest absolute Gasteiger partial charge is 0.344 e. The molecule has 0 amide bonds. The van der Waals surface area contributed by atoms with Crippen molar-refractivity contribution in [2.75, 3.05) is 6.61 Å². The Balaban J connectivity index is 1.82. The lowest BCUT2D eigenvalue weighted by Crippen LogP contribution is -2.12. The highest BCUT2D eigenvalue weighted by Gasteiger charge is 2.33. The van der Waals surface area contributed by atoms with E-state index in [4.69, 9.17) is 32.9 Å². The molecule has 0 aliphatic carbocycles. The maximum atomic E-state index is 12.6. The van der Waals surface area contributed by atoms with Crippen molar-refractivity contribution in [1.29, 1.82) is 0 Å². The number of carbonyl (C=O) groups excluding carboxylic acids is 1. The second-order valence-electron chi connectivity index (χ2n) is 6.64. The largest absolute Gasteiger partial charge is 0.506 e. The lowest BCUT2D eigenvalue weighted by atomic mass is 10.1. The first-order valence-electron chi connectivity index (χ1n) is 9.50. The minimum Gasteiger partial charge on any atom is -0.506 e. The van der Waals surface area contributed by atoms with E-state index >= 15 is 0 Å². The van der Waals surface area contributed by atoms with Crippen molar-refractivity contribution in [1.82, 2.24) is 0 Å². The van der Waals surface area contributed by atoms with Crippen LogP contribution in [0, 0.1) is 0 Å². The molecular weight excluding hydrogens is 453 g/mol. The Labute approximate surface area is 193 Å². The van der Waals surface area contributed by atoms with Gasteiger partial charge in [0.1, 0.15) is 16.4 Å². The van der Waals surface area contributed by atoms with Crippen LogP contribution in [0.2, 0.25) is 10.0 Å². The zero-order valence-corrected chi connectivity index (χ0v) is 18.8. The number of aliphatic imine (C=N–C) groups is 1. The van der Waals surface area contributed by atoms with Gasteiger partial charge >= 0.3 is 5.97 Å². The molecular formula is C24H17Cl2NO3S. The number of halogens is 2.